The van der Waals surface area contributed by atoms with E-state index in [9.17, 15) is 9.59 Å². The Kier molecular flexibility index (Phi) is 8.38. The first-order chi connectivity index (χ1) is 7.99. The van der Waals surface area contributed by atoms with Crippen LogP contribution in [0, 0.1) is 5.92 Å². The first-order valence-electron chi connectivity index (χ1n) is 6.34. The second-order valence-corrected chi connectivity index (χ2v) is 4.49. The predicted octanol–water partition coefficient (Wildman–Crippen LogP) is 3.28. The lowest BCUT2D eigenvalue weighted by Gasteiger charge is -2.08. The summed E-state index contributed by atoms with van der Waals surface area (Å²) in [5.41, 5.74) is 0.619. The highest BCUT2D eigenvalue weighted by atomic mass is 16.5. The normalized spacial score (nSPS) is 11.9. The lowest BCUT2D eigenvalue weighted by atomic mass is 10.1. The molecule has 0 aromatic heterocycles. The summed E-state index contributed by atoms with van der Waals surface area (Å²) >= 11 is 0. The van der Waals surface area contributed by atoms with Crippen molar-refractivity contribution in [2.75, 3.05) is 6.61 Å². The molecule has 0 heterocycles. The van der Waals surface area contributed by atoms with E-state index >= 15 is 0 Å². The number of carbonyl (C=O) groups is 2. The Bertz CT molecular complexity index is 269. The first kappa shape index (κ1) is 15.9. The quantitative estimate of drug-likeness (QED) is 0.353. The van der Waals surface area contributed by atoms with E-state index in [0.29, 0.717) is 18.6 Å². The van der Waals surface area contributed by atoms with Crippen LogP contribution in [-0.2, 0) is 14.3 Å². The summed E-state index contributed by atoms with van der Waals surface area (Å²) < 4.78 is 5.11. The van der Waals surface area contributed by atoms with Gasteiger partial charge in [-0.15, -0.1) is 0 Å². The molecule has 0 aromatic carbocycles. The van der Waals surface area contributed by atoms with E-state index in [1.807, 2.05) is 13.8 Å². The van der Waals surface area contributed by atoms with E-state index in [2.05, 4.69) is 6.58 Å². The van der Waals surface area contributed by atoms with Crippen LogP contribution in [0.15, 0.2) is 12.2 Å². The Morgan fingerprint density at radius 3 is 2.41 bits per heavy atom. The molecule has 0 saturated heterocycles. The molecular formula is C14H24O3. The maximum Gasteiger partial charge on any atom is 0.308 e. The van der Waals surface area contributed by atoms with E-state index in [0.717, 1.165) is 25.7 Å². The summed E-state index contributed by atoms with van der Waals surface area (Å²) in [4.78, 5) is 22.5. The van der Waals surface area contributed by atoms with E-state index in [-0.39, 0.29) is 17.7 Å². The largest absolute Gasteiger partial charge is 0.465 e. The van der Waals surface area contributed by atoms with E-state index < -0.39 is 0 Å². The van der Waals surface area contributed by atoms with Crippen LogP contribution >= 0.6 is 0 Å². The van der Waals surface area contributed by atoms with Crippen LogP contribution in [0.1, 0.15) is 52.9 Å². The molecule has 0 radical (unpaired) electrons. The highest BCUT2D eigenvalue weighted by Gasteiger charge is 2.11. The SMILES string of the molecule is C=C(C)C(=O)CCCCCOC(=O)C(C)CC. The van der Waals surface area contributed by atoms with Crippen molar-refractivity contribution in [1.29, 1.82) is 0 Å². The van der Waals surface area contributed by atoms with Crippen LogP contribution in [0.3, 0.4) is 0 Å². The fraction of sp³-hybridized carbons (Fsp3) is 0.714. The monoisotopic (exact) mass is 240 g/mol. The number of Topliss-reactive ketones (excluding diaryl/α,β-unsaturated/α-hetero) is 1. The van der Waals surface area contributed by atoms with Crippen LogP contribution in [0.2, 0.25) is 0 Å². The molecule has 3 heteroatoms. The number of carbonyl (C=O) groups excluding carboxylic acids is 2. The molecule has 0 amide bonds. The van der Waals surface area contributed by atoms with Crippen molar-refractivity contribution >= 4 is 11.8 Å². The average molecular weight is 240 g/mol. The Morgan fingerprint density at radius 2 is 1.88 bits per heavy atom. The van der Waals surface area contributed by atoms with E-state index in [4.69, 9.17) is 4.74 Å². The third kappa shape index (κ3) is 7.72. The Morgan fingerprint density at radius 1 is 1.24 bits per heavy atom. The van der Waals surface area contributed by atoms with Crippen molar-refractivity contribution in [1.82, 2.24) is 0 Å². The van der Waals surface area contributed by atoms with Gasteiger partial charge in [0, 0.05) is 6.42 Å². The van der Waals surface area contributed by atoms with Crippen molar-refractivity contribution in [2.24, 2.45) is 5.92 Å². The first-order valence-corrected chi connectivity index (χ1v) is 6.34. The molecular weight excluding hydrogens is 216 g/mol. The van der Waals surface area contributed by atoms with Gasteiger partial charge in [-0.3, -0.25) is 9.59 Å². The van der Waals surface area contributed by atoms with Crippen molar-refractivity contribution < 1.29 is 14.3 Å². The zero-order valence-corrected chi connectivity index (χ0v) is 11.3. The number of hydrogen-bond donors (Lipinski definition) is 0. The highest BCUT2D eigenvalue weighted by Crippen LogP contribution is 2.07. The van der Waals surface area contributed by atoms with E-state index in [1.165, 1.54) is 0 Å². The van der Waals surface area contributed by atoms with Gasteiger partial charge in [-0.25, -0.2) is 0 Å². The van der Waals surface area contributed by atoms with Crippen molar-refractivity contribution in [3.63, 3.8) is 0 Å². The molecule has 0 spiro atoms. The van der Waals surface area contributed by atoms with Crippen LogP contribution < -0.4 is 0 Å². The lowest BCUT2D eigenvalue weighted by Crippen LogP contribution is -2.14. The minimum Gasteiger partial charge on any atom is -0.465 e. The van der Waals surface area contributed by atoms with Gasteiger partial charge in [0.1, 0.15) is 0 Å². The predicted molar refractivity (Wildman–Crippen MR) is 68.7 cm³/mol. The smallest absolute Gasteiger partial charge is 0.308 e. The van der Waals surface area contributed by atoms with Crippen LogP contribution in [0.4, 0.5) is 0 Å². The van der Waals surface area contributed by atoms with Crippen molar-refractivity contribution in [3.8, 4) is 0 Å². The van der Waals surface area contributed by atoms with Gasteiger partial charge in [-0.1, -0.05) is 20.4 Å². The van der Waals surface area contributed by atoms with Crippen LogP contribution in [-0.4, -0.2) is 18.4 Å². The number of ketones is 1. The third-order valence-electron chi connectivity index (χ3n) is 2.78. The van der Waals surface area contributed by atoms with Gasteiger partial charge >= 0.3 is 5.97 Å². The minimum absolute atomic E-state index is 0.0139. The molecule has 0 fully saturated rings. The van der Waals surface area contributed by atoms with Gasteiger partial charge < -0.3 is 4.74 Å². The Hall–Kier alpha value is -1.12. The molecule has 0 bridgehead atoms. The van der Waals surface area contributed by atoms with Crippen molar-refractivity contribution in [2.45, 2.75) is 52.9 Å². The molecule has 3 nitrogen and oxygen atoms in total. The number of ether oxygens (including phenoxy) is 1. The maximum absolute atomic E-state index is 11.3. The number of rotatable bonds is 9. The number of esters is 1. The molecule has 0 saturated carbocycles. The van der Waals surface area contributed by atoms with Crippen LogP contribution in [0.5, 0.6) is 0 Å². The van der Waals surface area contributed by atoms with Crippen LogP contribution in [0.25, 0.3) is 0 Å². The molecule has 0 aliphatic carbocycles. The third-order valence-corrected chi connectivity index (χ3v) is 2.78. The Balaban J connectivity index is 3.44. The summed E-state index contributed by atoms with van der Waals surface area (Å²) in [6.45, 7) is 9.63. The van der Waals surface area contributed by atoms with Gasteiger partial charge in [-0.2, -0.15) is 0 Å². The number of allylic oxidation sites excluding steroid dienone is 1. The summed E-state index contributed by atoms with van der Waals surface area (Å²) in [5.74, 6) is -0.00731. The van der Waals surface area contributed by atoms with Gasteiger partial charge in [0.05, 0.1) is 12.5 Å². The number of hydrogen-bond acceptors (Lipinski definition) is 3. The Labute approximate surface area is 104 Å². The summed E-state index contributed by atoms with van der Waals surface area (Å²) in [7, 11) is 0. The molecule has 98 valence electrons. The summed E-state index contributed by atoms with van der Waals surface area (Å²) in [6, 6.07) is 0. The molecule has 0 aliphatic heterocycles. The molecule has 0 N–H and O–H groups in total. The molecule has 0 rings (SSSR count). The topological polar surface area (TPSA) is 43.4 Å². The van der Waals surface area contributed by atoms with Gasteiger partial charge in [0.25, 0.3) is 0 Å². The molecule has 0 aliphatic rings. The fourth-order valence-corrected chi connectivity index (χ4v) is 1.26. The summed E-state index contributed by atoms with van der Waals surface area (Å²) in [6.07, 6.45) is 3.94. The fourth-order valence-electron chi connectivity index (χ4n) is 1.26. The van der Waals surface area contributed by atoms with E-state index in [1.54, 1.807) is 6.92 Å². The standard InChI is InChI=1S/C14H24O3/c1-5-12(4)14(16)17-10-8-6-7-9-13(15)11(2)3/h12H,2,5-10H2,1,3-4H3. The molecule has 17 heavy (non-hydrogen) atoms. The van der Waals surface area contributed by atoms with Gasteiger partial charge in [-0.05, 0) is 38.2 Å². The zero-order valence-electron chi connectivity index (χ0n) is 11.3. The van der Waals surface area contributed by atoms with Gasteiger partial charge in [0.2, 0.25) is 0 Å². The number of unbranched alkanes of at least 4 members (excludes halogenated alkanes) is 2. The maximum atomic E-state index is 11.3. The molecule has 1 atom stereocenters. The lowest BCUT2D eigenvalue weighted by molar-refractivity contribution is -0.148. The molecule has 1 unspecified atom stereocenters. The minimum atomic E-state index is -0.120. The van der Waals surface area contributed by atoms with Crippen molar-refractivity contribution in [3.05, 3.63) is 12.2 Å². The summed E-state index contributed by atoms with van der Waals surface area (Å²) in [5, 5.41) is 0. The zero-order chi connectivity index (χ0) is 13.3. The molecule has 0 aromatic rings. The van der Waals surface area contributed by atoms with Gasteiger partial charge in [0.15, 0.2) is 5.78 Å². The average Bonchev–Trinajstić information content (AvgIpc) is 2.31. The second kappa shape index (κ2) is 8.97. The highest BCUT2D eigenvalue weighted by molar-refractivity contribution is 5.93. The second-order valence-electron chi connectivity index (χ2n) is 4.49.